The molecule has 0 spiro atoms. The van der Waals surface area contributed by atoms with E-state index < -0.39 is 17.1 Å². The molecule has 1 fully saturated rings. The number of benzene rings is 1. The summed E-state index contributed by atoms with van der Waals surface area (Å²) in [4.78, 5) is 21.7. The monoisotopic (exact) mass is 535 g/mol. The van der Waals surface area contributed by atoms with Crippen molar-refractivity contribution in [3.8, 4) is 0 Å². The number of halogens is 4. The zero-order valence-electron chi connectivity index (χ0n) is 22.8. The molecule has 1 aliphatic rings. The van der Waals surface area contributed by atoms with Crippen LogP contribution in [0.2, 0.25) is 0 Å². The van der Waals surface area contributed by atoms with Crippen molar-refractivity contribution < 1.29 is 27.2 Å². The van der Waals surface area contributed by atoms with Gasteiger partial charge in [0.25, 0.3) is 11.6 Å². The number of hydrogen-bond donors (Lipinski definition) is 1. The number of hydrogen-bond acceptors (Lipinski definition) is 3. The average molecular weight is 536 g/mol. The van der Waals surface area contributed by atoms with Crippen LogP contribution in [0.1, 0.15) is 109 Å². The molecule has 0 radical (unpaired) electrons. The molecule has 2 N–H and O–H groups in total. The highest BCUT2D eigenvalue weighted by atomic mass is 31.0. The second-order valence-electron chi connectivity index (χ2n) is 10.1. The fourth-order valence-electron chi connectivity index (χ4n) is 4.46. The van der Waals surface area contributed by atoms with Gasteiger partial charge in [0, 0.05) is 36.4 Å². The largest absolute Gasteiger partial charge is 0.327 e. The number of carbonyl (C=O) groups is 2. The lowest BCUT2D eigenvalue weighted by Gasteiger charge is -2.25. The van der Waals surface area contributed by atoms with Gasteiger partial charge >= 0.3 is 0 Å². The zero-order chi connectivity index (χ0) is 28.1. The van der Waals surface area contributed by atoms with Crippen LogP contribution in [-0.4, -0.2) is 17.6 Å². The van der Waals surface area contributed by atoms with E-state index in [1.54, 1.807) is 13.8 Å². The minimum Gasteiger partial charge on any atom is -0.327 e. The maximum Gasteiger partial charge on any atom is 0.283 e. The Balaban J connectivity index is 0.000000525. The minimum atomic E-state index is -3.17. The number of Topliss-reactive ketones (excluding diaryl/α,β-unsaturated/α-hetero) is 2. The summed E-state index contributed by atoms with van der Waals surface area (Å²) in [5.74, 6) is -1.67. The molecule has 0 aromatic heterocycles. The molecule has 0 aliphatic heterocycles. The third-order valence-electron chi connectivity index (χ3n) is 6.28. The van der Waals surface area contributed by atoms with Gasteiger partial charge < -0.3 is 10.5 Å². The van der Waals surface area contributed by atoms with Gasteiger partial charge in [-0.05, 0) is 51.7 Å². The first-order valence-corrected chi connectivity index (χ1v) is 13.5. The Bertz CT molecular complexity index is 767. The van der Waals surface area contributed by atoms with Gasteiger partial charge in [0.2, 0.25) is 0 Å². The Morgan fingerprint density at radius 2 is 1.50 bits per heavy atom. The maximum atomic E-state index is 13.0. The normalized spacial score (nSPS) is 18.0. The first-order chi connectivity index (χ1) is 16.5. The molecule has 1 saturated carbocycles. The van der Waals surface area contributed by atoms with Crippen LogP contribution in [0, 0.1) is 18.8 Å². The van der Waals surface area contributed by atoms with Gasteiger partial charge in [-0.25, -0.2) is 8.78 Å². The van der Waals surface area contributed by atoms with Crippen molar-refractivity contribution in [1.29, 1.82) is 0 Å². The van der Waals surface area contributed by atoms with Gasteiger partial charge in [0.15, 0.2) is 0 Å². The van der Waals surface area contributed by atoms with Crippen molar-refractivity contribution >= 4 is 20.8 Å². The van der Waals surface area contributed by atoms with Crippen molar-refractivity contribution in [2.24, 2.45) is 17.6 Å². The predicted octanol–water partition coefficient (Wildman–Crippen LogP) is 8.31. The second kappa shape index (κ2) is 16.5. The molecule has 1 aliphatic carbocycles. The van der Waals surface area contributed by atoms with E-state index in [1.807, 2.05) is 0 Å². The average Bonchev–Trinajstić information content (AvgIpc) is 2.73. The molecule has 3 nitrogen and oxygen atoms in total. The first kappa shape index (κ1) is 34.7. The molecule has 1 aromatic rings. The van der Waals surface area contributed by atoms with Gasteiger partial charge in [0.1, 0.15) is 11.6 Å². The Labute approximate surface area is 217 Å². The predicted molar refractivity (Wildman–Crippen MR) is 144 cm³/mol. The van der Waals surface area contributed by atoms with Crippen LogP contribution in [0.3, 0.4) is 0 Å². The molecule has 0 bridgehead atoms. The minimum absolute atomic E-state index is 0.145. The molecule has 0 heterocycles. The number of aryl methyl sites for hydroxylation is 1. The van der Waals surface area contributed by atoms with Crippen LogP contribution in [0.25, 0.3) is 0 Å². The molecule has 1 aromatic carbocycles. The molecular formula is C28H46F4NO2P. The third-order valence-corrected chi connectivity index (χ3v) is 6.61. The van der Waals surface area contributed by atoms with E-state index in [1.165, 1.54) is 66.8 Å². The lowest BCUT2D eigenvalue weighted by Crippen LogP contribution is -2.36. The van der Waals surface area contributed by atoms with E-state index in [0.29, 0.717) is 24.2 Å². The molecular weight excluding hydrogens is 489 g/mol. The highest BCUT2D eigenvalue weighted by Crippen LogP contribution is 2.38. The number of rotatable bonds is 9. The smallest absolute Gasteiger partial charge is 0.283 e. The summed E-state index contributed by atoms with van der Waals surface area (Å²) < 4.78 is 51.7. The van der Waals surface area contributed by atoms with Gasteiger partial charge in [-0.3, -0.25) is 4.79 Å². The van der Waals surface area contributed by atoms with Crippen LogP contribution in [0.15, 0.2) is 18.2 Å². The SMILES string of the molecule is CC(=O)C1CCCCC1N.CCCC(CCC)CC(C)=O.Cc1cc(C(C)(F)F)cc(C(F)(F)P)c1. The number of carbonyl (C=O) groups excluding carboxylic acids is 2. The molecule has 36 heavy (non-hydrogen) atoms. The van der Waals surface area contributed by atoms with Crippen LogP contribution < -0.4 is 5.73 Å². The number of nitrogens with two attached hydrogens (primary N) is 1. The summed E-state index contributed by atoms with van der Waals surface area (Å²) in [6, 6.07) is 3.38. The summed E-state index contributed by atoms with van der Waals surface area (Å²) in [5.41, 5.74) is 2.18. The van der Waals surface area contributed by atoms with Gasteiger partial charge in [0.05, 0.1) is 0 Å². The highest BCUT2D eigenvalue weighted by molar-refractivity contribution is 7.17. The number of ketones is 2. The third kappa shape index (κ3) is 14.4. The van der Waals surface area contributed by atoms with E-state index in [0.717, 1.165) is 25.3 Å². The first-order valence-electron chi connectivity index (χ1n) is 12.9. The Kier molecular flexibility index (Phi) is 15.9. The second-order valence-corrected chi connectivity index (χ2v) is 10.8. The maximum absolute atomic E-state index is 13.0. The van der Waals surface area contributed by atoms with Crippen LogP contribution in [0.4, 0.5) is 17.6 Å². The van der Waals surface area contributed by atoms with E-state index in [-0.39, 0.29) is 23.3 Å². The fraction of sp³-hybridized carbons (Fsp3) is 0.714. The fourth-order valence-corrected chi connectivity index (χ4v) is 4.63. The van der Waals surface area contributed by atoms with Gasteiger partial charge in [-0.15, -0.1) is 0 Å². The van der Waals surface area contributed by atoms with Crippen LogP contribution >= 0.6 is 9.24 Å². The van der Waals surface area contributed by atoms with Gasteiger partial charge in [-0.2, -0.15) is 8.78 Å². The molecule has 208 valence electrons. The van der Waals surface area contributed by atoms with Crippen LogP contribution in [-0.2, 0) is 21.2 Å². The Morgan fingerprint density at radius 1 is 1.00 bits per heavy atom. The molecule has 0 saturated heterocycles. The van der Waals surface area contributed by atoms with Crippen molar-refractivity contribution in [3.63, 3.8) is 0 Å². The van der Waals surface area contributed by atoms with Crippen molar-refractivity contribution in [2.75, 3.05) is 0 Å². The van der Waals surface area contributed by atoms with E-state index >= 15 is 0 Å². The summed E-state index contributed by atoms with van der Waals surface area (Å²) in [6.07, 6.45) is 10.1. The molecule has 2 rings (SSSR count). The molecule has 3 atom stereocenters. The Morgan fingerprint density at radius 3 is 1.86 bits per heavy atom. The molecule has 8 heteroatoms. The summed E-state index contributed by atoms with van der Waals surface area (Å²) in [6.45, 7) is 9.90. The molecule has 3 unspecified atom stereocenters. The number of alkyl halides is 4. The van der Waals surface area contributed by atoms with Gasteiger partial charge in [-0.1, -0.05) is 73.2 Å². The van der Waals surface area contributed by atoms with E-state index in [9.17, 15) is 27.2 Å². The highest BCUT2D eigenvalue weighted by Gasteiger charge is 2.30. The quantitative estimate of drug-likeness (QED) is 0.256. The Hall–Kier alpha value is -1.33. The summed E-state index contributed by atoms with van der Waals surface area (Å²) in [5, 5.41) is 0. The lowest BCUT2D eigenvalue weighted by atomic mass is 9.83. The standard InChI is InChI=1S/C10H11F4P.C10H20O.C8H15NO/c1-6-3-7(9(2,11)12)5-8(4-6)10(13,14)15;1-4-6-10(7-5-2)8-9(3)11;1-6(10)7-4-2-3-5-8(7)9/h3-5H,15H2,1-2H3;10H,4-8H2,1-3H3;7-8H,2-5,9H2,1H3. The topological polar surface area (TPSA) is 60.2 Å². The van der Waals surface area contributed by atoms with E-state index in [2.05, 4.69) is 13.8 Å². The lowest BCUT2D eigenvalue weighted by molar-refractivity contribution is -0.122. The summed E-state index contributed by atoms with van der Waals surface area (Å²) >= 11 is 0. The van der Waals surface area contributed by atoms with Crippen molar-refractivity contribution in [2.45, 2.75) is 117 Å². The van der Waals surface area contributed by atoms with Crippen molar-refractivity contribution in [3.05, 3.63) is 34.9 Å². The molecule has 0 amide bonds. The summed E-state index contributed by atoms with van der Waals surface area (Å²) in [7, 11) is 1.34. The van der Waals surface area contributed by atoms with Crippen molar-refractivity contribution in [1.82, 2.24) is 0 Å². The zero-order valence-corrected chi connectivity index (χ0v) is 24.0. The van der Waals surface area contributed by atoms with E-state index in [4.69, 9.17) is 5.73 Å². The van der Waals surface area contributed by atoms with Crippen LogP contribution in [0.5, 0.6) is 0 Å².